The molecule has 2 aliphatic rings. The molecule has 0 radical (unpaired) electrons. The molecule has 5 rings (SSSR count). The van der Waals surface area contributed by atoms with E-state index in [-0.39, 0.29) is 23.3 Å². The van der Waals surface area contributed by atoms with Crippen LogP contribution in [-0.2, 0) is 9.53 Å². The van der Waals surface area contributed by atoms with E-state index in [4.69, 9.17) is 4.74 Å². The largest absolute Gasteiger partial charge is 0.478 e. The van der Waals surface area contributed by atoms with Gasteiger partial charge in [-0.25, -0.2) is 4.79 Å². The van der Waals surface area contributed by atoms with Crippen LogP contribution in [-0.4, -0.2) is 41.6 Å². The Morgan fingerprint density at radius 2 is 1.77 bits per heavy atom. The Balaban J connectivity index is 1.30. The van der Waals surface area contributed by atoms with Crippen molar-refractivity contribution in [2.45, 2.75) is 54.7 Å². The molecule has 2 unspecified atom stereocenters. The summed E-state index contributed by atoms with van der Waals surface area (Å²) in [6, 6.07) is 19.0. The number of para-hydroxylation sites is 1. The highest BCUT2D eigenvalue weighted by Crippen LogP contribution is 2.44. The second-order valence-corrected chi connectivity index (χ2v) is 11.3. The summed E-state index contributed by atoms with van der Waals surface area (Å²) in [5.74, 6) is -1.54. The zero-order chi connectivity index (χ0) is 27.5. The van der Waals surface area contributed by atoms with Crippen LogP contribution in [0.3, 0.4) is 0 Å². The number of carboxylic acids is 1. The molecule has 0 aliphatic carbocycles. The number of amides is 2. The van der Waals surface area contributed by atoms with Gasteiger partial charge in [-0.05, 0) is 60.7 Å². The van der Waals surface area contributed by atoms with Crippen molar-refractivity contribution in [1.29, 1.82) is 0 Å². The van der Waals surface area contributed by atoms with Gasteiger partial charge in [0.25, 0.3) is 5.91 Å². The van der Waals surface area contributed by atoms with E-state index >= 15 is 0 Å². The van der Waals surface area contributed by atoms with Crippen LogP contribution in [0, 0.1) is 5.92 Å². The molecule has 2 heterocycles. The number of hydrogen-bond donors (Lipinski definition) is 4. The zero-order valence-corrected chi connectivity index (χ0v) is 22.6. The fourth-order valence-electron chi connectivity index (χ4n) is 4.99. The third kappa shape index (κ3) is 5.94. The van der Waals surface area contributed by atoms with Gasteiger partial charge in [0.1, 0.15) is 12.1 Å². The van der Waals surface area contributed by atoms with E-state index in [1.54, 1.807) is 36.0 Å². The molecule has 3 aromatic carbocycles. The SMILES string of the molecule is CC(C)C[C@H](NC(=O)c1ccc2c(c1)Nc1ccccc1S2)C(=O)NC1CCOC1c1ccccc1C(=O)O. The second-order valence-electron chi connectivity index (χ2n) is 10.2. The maximum absolute atomic E-state index is 13.5. The Kier molecular flexibility index (Phi) is 7.90. The number of aromatic carboxylic acids is 1. The van der Waals surface area contributed by atoms with Gasteiger partial charge in [-0.1, -0.05) is 55.9 Å². The number of carbonyl (C=O) groups excluding carboxylic acids is 2. The summed E-state index contributed by atoms with van der Waals surface area (Å²) in [4.78, 5) is 40.6. The van der Waals surface area contributed by atoms with E-state index in [1.165, 1.54) is 6.07 Å². The number of anilines is 2. The van der Waals surface area contributed by atoms with Crippen molar-refractivity contribution in [2.24, 2.45) is 5.92 Å². The van der Waals surface area contributed by atoms with Crippen LogP contribution in [0.4, 0.5) is 11.4 Å². The highest BCUT2D eigenvalue weighted by molar-refractivity contribution is 7.99. The Morgan fingerprint density at radius 1 is 1.03 bits per heavy atom. The molecule has 202 valence electrons. The maximum Gasteiger partial charge on any atom is 0.336 e. The summed E-state index contributed by atoms with van der Waals surface area (Å²) in [6.07, 6.45) is 0.416. The van der Waals surface area contributed by atoms with Crippen LogP contribution >= 0.6 is 11.8 Å². The lowest BCUT2D eigenvalue weighted by Gasteiger charge is -2.26. The average Bonchev–Trinajstić information content (AvgIpc) is 3.38. The van der Waals surface area contributed by atoms with E-state index < -0.39 is 24.2 Å². The van der Waals surface area contributed by atoms with E-state index in [0.29, 0.717) is 30.6 Å². The van der Waals surface area contributed by atoms with Crippen LogP contribution < -0.4 is 16.0 Å². The van der Waals surface area contributed by atoms with Crippen LogP contribution in [0.15, 0.2) is 76.5 Å². The van der Waals surface area contributed by atoms with Gasteiger partial charge < -0.3 is 25.8 Å². The lowest BCUT2D eigenvalue weighted by Crippen LogP contribution is -2.50. The fraction of sp³-hybridized carbons (Fsp3) is 0.300. The van der Waals surface area contributed by atoms with Gasteiger partial charge in [-0.15, -0.1) is 0 Å². The second kappa shape index (κ2) is 11.5. The van der Waals surface area contributed by atoms with Crippen molar-refractivity contribution in [3.05, 3.63) is 83.4 Å². The first-order valence-corrected chi connectivity index (χ1v) is 13.8. The number of carbonyl (C=O) groups is 3. The van der Waals surface area contributed by atoms with Crippen molar-refractivity contribution in [1.82, 2.24) is 10.6 Å². The number of benzene rings is 3. The molecule has 2 amide bonds. The summed E-state index contributed by atoms with van der Waals surface area (Å²) in [7, 11) is 0. The van der Waals surface area contributed by atoms with Crippen LogP contribution in [0.25, 0.3) is 0 Å². The third-order valence-corrected chi connectivity index (χ3v) is 8.02. The summed E-state index contributed by atoms with van der Waals surface area (Å²) < 4.78 is 5.86. The van der Waals surface area contributed by atoms with Crippen LogP contribution in [0.1, 0.15) is 59.1 Å². The minimum Gasteiger partial charge on any atom is -0.478 e. The van der Waals surface area contributed by atoms with Crippen LogP contribution in [0.5, 0.6) is 0 Å². The molecule has 9 heteroatoms. The molecular formula is C30H31N3O5S. The van der Waals surface area contributed by atoms with Gasteiger partial charge in [0.2, 0.25) is 5.91 Å². The van der Waals surface area contributed by atoms with Crippen LogP contribution in [0.2, 0.25) is 0 Å². The average molecular weight is 546 g/mol. The van der Waals surface area contributed by atoms with Crippen molar-refractivity contribution in [3.63, 3.8) is 0 Å². The molecule has 0 saturated carbocycles. The zero-order valence-electron chi connectivity index (χ0n) is 21.8. The molecule has 1 fully saturated rings. The topological polar surface area (TPSA) is 117 Å². The minimum absolute atomic E-state index is 0.150. The van der Waals surface area contributed by atoms with Gasteiger partial charge >= 0.3 is 5.97 Å². The Labute approximate surface area is 231 Å². The molecule has 39 heavy (non-hydrogen) atoms. The highest BCUT2D eigenvalue weighted by Gasteiger charge is 2.35. The number of carboxylic acid groups (broad SMARTS) is 1. The minimum atomic E-state index is -1.04. The number of nitrogens with one attached hydrogen (secondary N) is 3. The van der Waals surface area contributed by atoms with Gasteiger partial charge in [0, 0.05) is 22.0 Å². The fourth-order valence-corrected chi connectivity index (χ4v) is 5.96. The number of rotatable bonds is 8. The molecule has 2 aliphatic heterocycles. The van der Waals surface area contributed by atoms with Gasteiger partial charge in [-0.2, -0.15) is 0 Å². The van der Waals surface area contributed by atoms with Crippen molar-refractivity contribution >= 4 is 40.9 Å². The Bertz CT molecular complexity index is 1410. The summed E-state index contributed by atoms with van der Waals surface area (Å²) in [5.41, 5.74) is 2.97. The van der Waals surface area contributed by atoms with E-state index in [0.717, 1.165) is 21.2 Å². The molecule has 0 spiro atoms. The van der Waals surface area contributed by atoms with Gasteiger partial charge in [0.15, 0.2) is 0 Å². The monoisotopic (exact) mass is 545 g/mol. The van der Waals surface area contributed by atoms with Gasteiger partial charge in [-0.3, -0.25) is 9.59 Å². The first-order chi connectivity index (χ1) is 18.8. The van der Waals surface area contributed by atoms with E-state index in [2.05, 4.69) is 16.0 Å². The number of hydrogen-bond acceptors (Lipinski definition) is 6. The summed E-state index contributed by atoms with van der Waals surface area (Å²) >= 11 is 1.64. The smallest absolute Gasteiger partial charge is 0.336 e. The first-order valence-electron chi connectivity index (χ1n) is 13.0. The van der Waals surface area contributed by atoms with Crippen molar-refractivity contribution in [3.8, 4) is 0 Å². The van der Waals surface area contributed by atoms with Crippen molar-refractivity contribution in [2.75, 3.05) is 11.9 Å². The highest BCUT2D eigenvalue weighted by atomic mass is 32.2. The molecule has 8 nitrogen and oxygen atoms in total. The van der Waals surface area contributed by atoms with E-state index in [1.807, 2.05) is 50.2 Å². The molecular weight excluding hydrogens is 514 g/mol. The lowest BCUT2D eigenvalue weighted by molar-refractivity contribution is -0.124. The standard InChI is InChI=1S/C30H31N3O5S/c1-17(2)15-24(29(35)32-22-13-14-38-27(22)19-7-3-4-8-20(19)30(36)37)33-28(34)18-11-12-26-23(16-18)31-21-9-5-6-10-25(21)39-26/h3-12,16-17,22,24,27,31H,13-15H2,1-2H3,(H,32,35)(H,33,34)(H,36,37)/t22?,24-,27?/m0/s1. The number of fused-ring (bicyclic) bond motifs is 2. The maximum atomic E-state index is 13.5. The summed E-state index contributed by atoms with van der Waals surface area (Å²) in [6.45, 7) is 4.39. The number of ether oxygens (including phenoxy) is 1. The molecule has 0 aromatic heterocycles. The molecule has 0 bridgehead atoms. The quantitative estimate of drug-likeness (QED) is 0.235. The lowest BCUT2D eigenvalue weighted by atomic mass is 9.96. The molecule has 3 atom stereocenters. The molecule has 1 saturated heterocycles. The Morgan fingerprint density at radius 3 is 2.56 bits per heavy atom. The summed E-state index contributed by atoms with van der Waals surface area (Å²) in [5, 5.41) is 19.0. The predicted octanol–water partition coefficient (Wildman–Crippen LogP) is 5.38. The molecule has 3 aromatic rings. The van der Waals surface area contributed by atoms with Crippen molar-refractivity contribution < 1.29 is 24.2 Å². The van der Waals surface area contributed by atoms with Gasteiger partial charge in [0.05, 0.1) is 23.0 Å². The molecule has 4 N–H and O–H groups in total. The Hall–Kier alpha value is -3.82. The van der Waals surface area contributed by atoms with E-state index in [9.17, 15) is 19.5 Å². The third-order valence-electron chi connectivity index (χ3n) is 6.86. The normalized spacial score (nSPS) is 18.4. The first kappa shape index (κ1) is 26.8. The predicted molar refractivity (Wildman–Crippen MR) is 150 cm³/mol.